The predicted molar refractivity (Wildman–Crippen MR) is 79.3 cm³/mol. The first-order valence-corrected chi connectivity index (χ1v) is 6.35. The van der Waals surface area contributed by atoms with E-state index in [9.17, 15) is 0 Å². The fourth-order valence-electron chi connectivity index (χ4n) is 2.19. The molecule has 0 saturated carbocycles. The van der Waals surface area contributed by atoms with Crippen LogP contribution in [0.15, 0.2) is 30.6 Å². The van der Waals surface area contributed by atoms with Crippen LogP contribution in [0.4, 0.5) is 5.69 Å². The van der Waals surface area contributed by atoms with E-state index in [1.54, 1.807) is 19.5 Å². The first kappa shape index (κ1) is 12.5. The Morgan fingerprint density at radius 1 is 1.15 bits per heavy atom. The second kappa shape index (κ2) is 4.52. The molecule has 2 N–H and O–H groups in total. The summed E-state index contributed by atoms with van der Waals surface area (Å²) in [5, 5.41) is 0. The Bertz CT molecular complexity index is 792. The third kappa shape index (κ3) is 1.87. The summed E-state index contributed by atoms with van der Waals surface area (Å²) < 4.78 is 7.10. The highest BCUT2D eigenvalue weighted by atomic mass is 16.5. The number of hydrogen-bond acceptors (Lipinski definition) is 4. The third-order valence-electron chi connectivity index (χ3n) is 3.48. The van der Waals surface area contributed by atoms with Crippen molar-refractivity contribution in [2.75, 3.05) is 12.8 Å². The van der Waals surface area contributed by atoms with Crippen LogP contribution in [0, 0.1) is 13.8 Å². The van der Waals surface area contributed by atoms with Gasteiger partial charge >= 0.3 is 0 Å². The molecule has 1 aromatic carbocycles. The molecule has 3 rings (SSSR count). The fraction of sp³-hybridized carbons (Fsp3) is 0.200. The summed E-state index contributed by atoms with van der Waals surface area (Å²) in [5.74, 6) is 1.16. The summed E-state index contributed by atoms with van der Waals surface area (Å²) in [4.78, 5) is 8.84. The number of methoxy groups -OCH3 is 1. The number of imidazole rings is 1. The van der Waals surface area contributed by atoms with Crippen LogP contribution < -0.4 is 10.5 Å². The Hall–Kier alpha value is -2.56. The number of nitrogen functional groups attached to an aromatic ring is 1. The lowest BCUT2D eigenvalue weighted by Crippen LogP contribution is -2.01. The zero-order chi connectivity index (χ0) is 14.3. The molecule has 0 radical (unpaired) electrons. The molecule has 0 aliphatic carbocycles. The summed E-state index contributed by atoms with van der Waals surface area (Å²) in [7, 11) is 1.56. The summed E-state index contributed by atoms with van der Waals surface area (Å²) >= 11 is 0. The molecule has 102 valence electrons. The lowest BCUT2D eigenvalue weighted by atomic mass is 10.1. The Kier molecular flexibility index (Phi) is 2.82. The molecule has 3 aromatic rings. The van der Waals surface area contributed by atoms with Gasteiger partial charge in [-0.15, -0.1) is 0 Å². The molecule has 0 aliphatic rings. The van der Waals surface area contributed by atoms with E-state index in [0.29, 0.717) is 11.6 Å². The zero-order valence-corrected chi connectivity index (χ0v) is 11.7. The minimum Gasteiger partial charge on any atom is -0.479 e. The quantitative estimate of drug-likeness (QED) is 0.776. The van der Waals surface area contributed by atoms with Crippen LogP contribution in [0.1, 0.15) is 11.1 Å². The van der Waals surface area contributed by atoms with Gasteiger partial charge in [0.25, 0.3) is 0 Å². The normalized spacial score (nSPS) is 10.9. The molecule has 0 fully saturated rings. The van der Waals surface area contributed by atoms with Crippen molar-refractivity contribution < 1.29 is 4.74 Å². The number of benzene rings is 1. The summed E-state index contributed by atoms with van der Waals surface area (Å²) in [6.45, 7) is 4.17. The van der Waals surface area contributed by atoms with Crippen LogP contribution in [0.2, 0.25) is 0 Å². The lowest BCUT2D eigenvalue weighted by molar-refractivity contribution is 0.400. The average Bonchev–Trinajstić information content (AvgIpc) is 2.83. The van der Waals surface area contributed by atoms with Crippen molar-refractivity contribution in [2.24, 2.45) is 0 Å². The molecule has 0 atom stereocenters. The molecule has 2 aromatic heterocycles. The number of nitrogens with two attached hydrogens (primary N) is 1. The van der Waals surface area contributed by atoms with E-state index < -0.39 is 0 Å². The third-order valence-corrected chi connectivity index (χ3v) is 3.48. The van der Waals surface area contributed by atoms with Gasteiger partial charge in [0.15, 0.2) is 0 Å². The summed E-state index contributed by atoms with van der Waals surface area (Å²) in [5.41, 5.74) is 10.7. The van der Waals surface area contributed by atoms with Crippen LogP contribution in [-0.2, 0) is 0 Å². The molecule has 0 aliphatic heterocycles. The Balaban J connectivity index is 2.22. The molecule has 5 heteroatoms. The molecular weight excluding hydrogens is 252 g/mol. The maximum absolute atomic E-state index is 5.80. The van der Waals surface area contributed by atoms with Crippen molar-refractivity contribution >= 4 is 16.7 Å². The van der Waals surface area contributed by atoms with Crippen molar-refractivity contribution in [3.63, 3.8) is 0 Å². The van der Waals surface area contributed by atoms with Crippen molar-refractivity contribution in [3.8, 4) is 11.7 Å². The van der Waals surface area contributed by atoms with E-state index in [1.807, 2.05) is 10.6 Å². The van der Waals surface area contributed by atoms with Gasteiger partial charge in [0.2, 0.25) is 5.88 Å². The average molecular weight is 268 g/mol. The van der Waals surface area contributed by atoms with Crippen LogP contribution in [0.25, 0.3) is 16.9 Å². The predicted octanol–water partition coefficient (Wildman–Crippen LogP) is 2.63. The van der Waals surface area contributed by atoms with Gasteiger partial charge in [0.1, 0.15) is 12.1 Å². The number of rotatable bonds is 2. The second-order valence-corrected chi connectivity index (χ2v) is 4.81. The number of hydrogen-bond donors (Lipinski definition) is 1. The zero-order valence-electron chi connectivity index (χ0n) is 11.7. The van der Waals surface area contributed by atoms with E-state index in [1.165, 1.54) is 11.1 Å². The van der Waals surface area contributed by atoms with Crippen molar-refractivity contribution in [3.05, 3.63) is 41.7 Å². The van der Waals surface area contributed by atoms with Crippen LogP contribution in [-0.4, -0.2) is 21.6 Å². The number of fused-ring (bicyclic) bond motifs is 1. The highest BCUT2D eigenvalue weighted by Gasteiger charge is 2.09. The molecule has 0 unspecified atom stereocenters. The molecule has 0 saturated heterocycles. The number of pyridine rings is 1. The Morgan fingerprint density at radius 2 is 1.90 bits per heavy atom. The number of nitrogens with zero attached hydrogens (tertiary/aromatic N) is 3. The summed E-state index contributed by atoms with van der Waals surface area (Å²) in [6, 6.07) is 7.83. The fourth-order valence-corrected chi connectivity index (χ4v) is 2.19. The molecule has 0 spiro atoms. The van der Waals surface area contributed by atoms with E-state index in [-0.39, 0.29) is 0 Å². The number of aryl methyl sites for hydroxylation is 2. The molecule has 0 amide bonds. The molecular formula is C15H16N4O. The van der Waals surface area contributed by atoms with E-state index >= 15 is 0 Å². The van der Waals surface area contributed by atoms with Crippen LogP contribution in [0.3, 0.4) is 0 Å². The van der Waals surface area contributed by atoms with Crippen molar-refractivity contribution in [2.45, 2.75) is 13.8 Å². The van der Waals surface area contributed by atoms with E-state index in [2.05, 4.69) is 35.9 Å². The number of aromatic nitrogens is 3. The van der Waals surface area contributed by atoms with Crippen molar-refractivity contribution in [1.29, 1.82) is 0 Å². The monoisotopic (exact) mass is 268 g/mol. The SMILES string of the molecule is COc1nc(-n2cnc3cc(C)c(C)cc32)ccc1N. The molecule has 5 nitrogen and oxygen atoms in total. The van der Waals surface area contributed by atoms with Crippen LogP contribution in [0.5, 0.6) is 5.88 Å². The topological polar surface area (TPSA) is 66.0 Å². The van der Waals surface area contributed by atoms with E-state index in [4.69, 9.17) is 10.5 Å². The van der Waals surface area contributed by atoms with E-state index in [0.717, 1.165) is 16.9 Å². The lowest BCUT2D eigenvalue weighted by Gasteiger charge is -2.08. The number of anilines is 1. The smallest absolute Gasteiger partial charge is 0.238 e. The van der Waals surface area contributed by atoms with Gasteiger partial charge in [0.05, 0.1) is 23.8 Å². The molecule has 0 bridgehead atoms. The first-order valence-electron chi connectivity index (χ1n) is 6.35. The van der Waals surface area contributed by atoms with Gasteiger partial charge in [-0.3, -0.25) is 4.57 Å². The molecule has 2 heterocycles. The van der Waals surface area contributed by atoms with Gasteiger partial charge in [-0.05, 0) is 49.2 Å². The minimum absolute atomic E-state index is 0.424. The molecule has 20 heavy (non-hydrogen) atoms. The van der Waals surface area contributed by atoms with Gasteiger partial charge < -0.3 is 10.5 Å². The van der Waals surface area contributed by atoms with Gasteiger partial charge in [-0.1, -0.05) is 0 Å². The largest absolute Gasteiger partial charge is 0.479 e. The number of ether oxygens (including phenoxy) is 1. The maximum atomic E-state index is 5.80. The van der Waals surface area contributed by atoms with Gasteiger partial charge in [0, 0.05) is 0 Å². The first-order chi connectivity index (χ1) is 9.60. The Morgan fingerprint density at radius 3 is 2.65 bits per heavy atom. The second-order valence-electron chi connectivity index (χ2n) is 4.81. The van der Waals surface area contributed by atoms with Gasteiger partial charge in [-0.2, -0.15) is 4.98 Å². The van der Waals surface area contributed by atoms with Crippen molar-refractivity contribution in [1.82, 2.24) is 14.5 Å². The Labute approximate surface area is 117 Å². The van der Waals surface area contributed by atoms with Gasteiger partial charge in [-0.25, -0.2) is 4.98 Å². The highest BCUT2D eigenvalue weighted by Crippen LogP contribution is 2.24. The summed E-state index contributed by atoms with van der Waals surface area (Å²) in [6.07, 6.45) is 1.77. The standard InChI is InChI=1S/C15H16N4O/c1-9-6-12-13(7-10(9)2)19(8-17-12)14-5-4-11(16)15(18-14)20-3/h4-8H,16H2,1-3H3. The minimum atomic E-state index is 0.424. The maximum Gasteiger partial charge on any atom is 0.238 e. The van der Waals surface area contributed by atoms with Crippen LogP contribution >= 0.6 is 0 Å². The highest BCUT2D eigenvalue weighted by molar-refractivity contribution is 5.79.